The van der Waals surface area contributed by atoms with E-state index >= 15 is 0 Å². The molecule has 1 aromatic carbocycles. The van der Waals surface area contributed by atoms with Crippen LogP contribution in [0.3, 0.4) is 0 Å². The quantitative estimate of drug-likeness (QED) is 0.854. The van der Waals surface area contributed by atoms with Gasteiger partial charge in [0.15, 0.2) is 0 Å². The van der Waals surface area contributed by atoms with Crippen LogP contribution < -0.4 is 5.32 Å². The van der Waals surface area contributed by atoms with E-state index in [1.54, 1.807) is 0 Å². The molecule has 1 aliphatic carbocycles. The molecular formula is C17H27NO. The highest BCUT2D eigenvalue weighted by atomic mass is 16.3. The molecule has 0 heterocycles. The van der Waals surface area contributed by atoms with Gasteiger partial charge in [0.25, 0.3) is 0 Å². The fourth-order valence-corrected chi connectivity index (χ4v) is 3.19. The molecule has 0 amide bonds. The van der Waals surface area contributed by atoms with E-state index in [9.17, 15) is 5.11 Å². The lowest BCUT2D eigenvalue weighted by molar-refractivity contribution is 0.164. The Morgan fingerprint density at radius 3 is 2.63 bits per heavy atom. The van der Waals surface area contributed by atoms with E-state index in [2.05, 4.69) is 43.4 Å². The Balaban J connectivity index is 1.91. The summed E-state index contributed by atoms with van der Waals surface area (Å²) in [6.07, 6.45) is 4.82. The zero-order valence-electron chi connectivity index (χ0n) is 12.2. The Morgan fingerprint density at radius 2 is 1.95 bits per heavy atom. The summed E-state index contributed by atoms with van der Waals surface area (Å²) < 4.78 is 0. The van der Waals surface area contributed by atoms with Gasteiger partial charge in [0.05, 0.1) is 6.61 Å². The summed E-state index contributed by atoms with van der Waals surface area (Å²) in [5, 5.41) is 13.3. The Kier molecular flexibility index (Phi) is 5.41. The summed E-state index contributed by atoms with van der Waals surface area (Å²) in [7, 11) is 0. The van der Waals surface area contributed by atoms with Crippen molar-refractivity contribution < 1.29 is 5.11 Å². The Morgan fingerprint density at radius 1 is 1.21 bits per heavy atom. The van der Waals surface area contributed by atoms with Crippen molar-refractivity contribution in [1.29, 1.82) is 0 Å². The molecule has 19 heavy (non-hydrogen) atoms. The smallest absolute Gasteiger partial charge is 0.0587 e. The highest BCUT2D eigenvalue weighted by molar-refractivity contribution is 5.16. The van der Waals surface area contributed by atoms with Crippen LogP contribution in [0.25, 0.3) is 0 Å². The number of rotatable bonds is 5. The Labute approximate surface area is 117 Å². The minimum Gasteiger partial charge on any atom is -0.395 e. The van der Waals surface area contributed by atoms with Gasteiger partial charge >= 0.3 is 0 Å². The van der Waals surface area contributed by atoms with Gasteiger partial charge < -0.3 is 10.4 Å². The van der Waals surface area contributed by atoms with E-state index in [-0.39, 0.29) is 12.6 Å². The van der Waals surface area contributed by atoms with Gasteiger partial charge in [0, 0.05) is 12.1 Å². The van der Waals surface area contributed by atoms with Crippen molar-refractivity contribution in [3.05, 3.63) is 35.9 Å². The maximum atomic E-state index is 9.61. The lowest BCUT2D eigenvalue weighted by atomic mass is 9.77. The van der Waals surface area contributed by atoms with Crippen molar-refractivity contribution in [2.75, 3.05) is 6.61 Å². The standard InChI is InChI=1S/C17H27NO/c1-13-7-6-10-17(14(13)2)18-16(12-19)11-15-8-4-3-5-9-15/h3-5,8-9,13-14,16-19H,6-7,10-12H2,1-2H3. The monoisotopic (exact) mass is 261 g/mol. The zero-order chi connectivity index (χ0) is 13.7. The molecule has 2 N–H and O–H groups in total. The van der Waals surface area contributed by atoms with Gasteiger partial charge in [-0.1, -0.05) is 57.0 Å². The molecule has 1 aromatic rings. The molecule has 0 aromatic heterocycles. The number of benzene rings is 1. The Hall–Kier alpha value is -0.860. The van der Waals surface area contributed by atoms with E-state index in [1.807, 2.05) is 6.07 Å². The number of nitrogens with one attached hydrogen (secondary N) is 1. The molecule has 106 valence electrons. The maximum Gasteiger partial charge on any atom is 0.0587 e. The topological polar surface area (TPSA) is 32.3 Å². The van der Waals surface area contributed by atoms with E-state index in [4.69, 9.17) is 0 Å². The molecule has 0 spiro atoms. The molecule has 0 aliphatic heterocycles. The average molecular weight is 261 g/mol. The van der Waals surface area contributed by atoms with Crippen LogP contribution in [-0.4, -0.2) is 23.8 Å². The molecule has 2 heteroatoms. The molecule has 1 aliphatic rings. The van der Waals surface area contributed by atoms with Gasteiger partial charge in [-0.15, -0.1) is 0 Å². The van der Waals surface area contributed by atoms with Crippen LogP contribution in [-0.2, 0) is 6.42 Å². The number of hydrogen-bond acceptors (Lipinski definition) is 2. The SMILES string of the molecule is CC1CCCC(NC(CO)Cc2ccccc2)C1C. The van der Waals surface area contributed by atoms with Crippen LogP contribution in [0.15, 0.2) is 30.3 Å². The second-order valence-electron chi connectivity index (χ2n) is 6.11. The summed E-state index contributed by atoms with van der Waals surface area (Å²) in [5.74, 6) is 1.50. The third-order valence-electron chi connectivity index (χ3n) is 4.70. The number of aliphatic hydroxyl groups excluding tert-OH is 1. The molecule has 1 fully saturated rings. The molecular weight excluding hydrogens is 234 g/mol. The summed E-state index contributed by atoms with van der Waals surface area (Å²) in [5.41, 5.74) is 1.30. The van der Waals surface area contributed by atoms with E-state index in [1.165, 1.54) is 24.8 Å². The maximum absolute atomic E-state index is 9.61. The molecule has 1 saturated carbocycles. The minimum absolute atomic E-state index is 0.181. The van der Waals surface area contributed by atoms with Crippen molar-refractivity contribution in [1.82, 2.24) is 5.32 Å². The van der Waals surface area contributed by atoms with Gasteiger partial charge in [0.2, 0.25) is 0 Å². The molecule has 0 radical (unpaired) electrons. The molecule has 0 bridgehead atoms. The van der Waals surface area contributed by atoms with E-state index in [0.717, 1.165) is 12.3 Å². The second-order valence-corrected chi connectivity index (χ2v) is 6.11. The van der Waals surface area contributed by atoms with Gasteiger partial charge in [-0.25, -0.2) is 0 Å². The third kappa shape index (κ3) is 4.05. The summed E-state index contributed by atoms with van der Waals surface area (Å²) in [6.45, 7) is 4.91. The van der Waals surface area contributed by atoms with Gasteiger partial charge in [0.1, 0.15) is 0 Å². The second kappa shape index (κ2) is 7.06. The van der Waals surface area contributed by atoms with Crippen molar-refractivity contribution in [3.8, 4) is 0 Å². The number of hydrogen-bond donors (Lipinski definition) is 2. The van der Waals surface area contributed by atoms with Crippen molar-refractivity contribution in [3.63, 3.8) is 0 Å². The minimum atomic E-state index is 0.181. The van der Waals surface area contributed by atoms with Gasteiger partial charge in [-0.2, -0.15) is 0 Å². The molecule has 4 atom stereocenters. The van der Waals surface area contributed by atoms with Crippen molar-refractivity contribution in [2.24, 2.45) is 11.8 Å². The predicted octanol–water partition coefficient (Wildman–Crippen LogP) is 3.00. The summed E-state index contributed by atoms with van der Waals surface area (Å²) >= 11 is 0. The largest absolute Gasteiger partial charge is 0.395 e. The van der Waals surface area contributed by atoms with Crippen LogP contribution in [0.2, 0.25) is 0 Å². The van der Waals surface area contributed by atoms with E-state index < -0.39 is 0 Å². The fourth-order valence-electron chi connectivity index (χ4n) is 3.19. The normalized spacial score (nSPS) is 29.1. The van der Waals surface area contributed by atoms with Crippen LogP contribution in [0.5, 0.6) is 0 Å². The van der Waals surface area contributed by atoms with Gasteiger partial charge in [-0.05, 0) is 30.2 Å². The highest BCUT2D eigenvalue weighted by Crippen LogP contribution is 2.29. The first kappa shape index (κ1) is 14.5. The third-order valence-corrected chi connectivity index (χ3v) is 4.70. The lowest BCUT2D eigenvalue weighted by Gasteiger charge is -2.37. The van der Waals surface area contributed by atoms with Crippen LogP contribution in [0, 0.1) is 11.8 Å². The van der Waals surface area contributed by atoms with Crippen LogP contribution in [0.1, 0.15) is 38.7 Å². The highest BCUT2D eigenvalue weighted by Gasteiger charge is 2.28. The summed E-state index contributed by atoms with van der Waals surface area (Å²) in [4.78, 5) is 0. The lowest BCUT2D eigenvalue weighted by Crippen LogP contribution is -2.48. The van der Waals surface area contributed by atoms with E-state index in [0.29, 0.717) is 12.0 Å². The number of aliphatic hydroxyl groups is 1. The van der Waals surface area contributed by atoms with Crippen LogP contribution in [0.4, 0.5) is 0 Å². The predicted molar refractivity (Wildman–Crippen MR) is 80.1 cm³/mol. The average Bonchev–Trinajstić information content (AvgIpc) is 2.44. The molecule has 2 rings (SSSR count). The molecule has 0 saturated heterocycles. The fraction of sp³-hybridized carbons (Fsp3) is 0.647. The summed E-state index contributed by atoms with van der Waals surface area (Å²) in [6, 6.07) is 11.2. The van der Waals surface area contributed by atoms with Crippen molar-refractivity contribution >= 4 is 0 Å². The Bertz CT molecular complexity index is 365. The first-order valence-electron chi connectivity index (χ1n) is 7.61. The van der Waals surface area contributed by atoms with Gasteiger partial charge in [-0.3, -0.25) is 0 Å². The van der Waals surface area contributed by atoms with Crippen molar-refractivity contribution in [2.45, 2.75) is 51.6 Å². The first-order valence-corrected chi connectivity index (χ1v) is 7.61. The molecule has 2 nitrogen and oxygen atoms in total. The first-order chi connectivity index (χ1) is 9.20. The van der Waals surface area contributed by atoms with Crippen LogP contribution >= 0.6 is 0 Å². The zero-order valence-corrected chi connectivity index (χ0v) is 12.2. The molecule has 4 unspecified atom stereocenters.